The molecule has 2 aromatic carbocycles. The minimum absolute atomic E-state index is 0.0816. The molecule has 0 fully saturated rings. The predicted octanol–water partition coefficient (Wildman–Crippen LogP) is 5.95. The van der Waals surface area contributed by atoms with Crippen LogP contribution in [0.3, 0.4) is 0 Å². The van der Waals surface area contributed by atoms with Crippen molar-refractivity contribution < 1.29 is 22.8 Å². The van der Waals surface area contributed by atoms with E-state index in [-0.39, 0.29) is 21.4 Å². The van der Waals surface area contributed by atoms with Crippen LogP contribution >= 0.6 is 11.3 Å². The van der Waals surface area contributed by atoms with Crippen molar-refractivity contribution >= 4 is 66.3 Å². The van der Waals surface area contributed by atoms with E-state index in [1.807, 2.05) is 49.1 Å². The minimum atomic E-state index is -4.61. The standard InChI is InChI=1S/C28H21F3N3O2SSe/c1-26(2)16-8-5-6-11-20(16)34-21-17(26)9-7-10-18(21)27(3,28(29,30)31)19-13-14(37-24(19)34)12-15-22(35)32-25(38)33(4)23(15)36/h5-13H,1-4H3/b15-12+. The number of carbonyl (C=O) groups is 2. The van der Waals surface area contributed by atoms with E-state index in [1.54, 1.807) is 12.1 Å². The molecule has 3 aliphatic rings. The van der Waals surface area contributed by atoms with Crippen LogP contribution in [0.5, 0.6) is 0 Å². The van der Waals surface area contributed by atoms with E-state index < -0.39 is 28.8 Å². The van der Waals surface area contributed by atoms with Gasteiger partial charge in [0.05, 0.1) is 0 Å². The molecule has 0 saturated heterocycles. The number of anilines is 3. The van der Waals surface area contributed by atoms with Crippen LogP contribution in [0.4, 0.5) is 29.5 Å². The Kier molecular flexibility index (Phi) is 5.22. The zero-order valence-electron chi connectivity index (χ0n) is 20.8. The maximum absolute atomic E-state index is 15.1. The van der Waals surface area contributed by atoms with E-state index >= 15 is 13.2 Å². The fraction of sp³-hybridized carbons (Fsp3) is 0.250. The van der Waals surface area contributed by atoms with Crippen molar-refractivity contribution in [3.63, 3.8) is 0 Å². The second-order valence-corrected chi connectivity index (χ2v) is 12.1. The topological polar surface area (TPSA) is 53.0 Å². The predicted molar refractivity (Wildman–Crippen MR) is 143 cm³/mol. The second kappa shape index (κ2) is 7.91. The van der Waals surface area contributed by atoms with Crippen LogP contribution in [-0.4, -0.2) is 50.7 Å². The summed E-state index contributed by atoms with van der Waals surface area (Å²) in [7, 11) is 1.47. The third-order valence-corrected chi connectivity index (χ3v) is 9.70. The van der Waals surface area contributed by atoms with Gasteiger partial charge in [-0.05, 0) is 0 Å². The molecule has 2 amide bonds. The summed E-state index contributed by atoms with van der Waals surface area (Å²) in [4.78, 5) is 32.7. The van der Waals surface area contributed by atoms with Gasteiger partial charge in [0.25, 0.3) is 0 Å². The Morgan fingerprint density at radius 3 is 2.34 bits per heavy atom. The van der Waals surface area contributed by atoms with Crippen LogP contribution < -0.4 is 4.90 Å². The third-order valence-electron chi connectivity index (χ3n) is 7.87. The molecule has 10 heteroatoms. The summed E-state index contributed by atoms with van der Waals surface area (Å²) in [6.07, 6.45) is -3.26. The molecular weight excluding hydrogens is 578 g/mol. The molecule has 0 bridgehead atoms. The molecule has 0 spiro atoms. The summed E-state index contributed by atoms with van der Waals surface area (Å²) in [5.74, 6) is -1.30. The summed E-state index contributed by atoms with van der Waals surface area (Å²) < 4.78 is 45.4. The Morgan fingerprint density at radius 1 is 0.974 bits per heavy atom. The van der Waals surface area contributed by atoms with Gasteiger partial charge in [-0.1, -0.05) is 19.9 Å². The van der Waals surface area contributed by atoms with Gasteiger partial charge >= 0.3 is 210 Å². The molecule has 6 rings (SSSR count). The molecule has 1 aromatic heterocycles. The van der Waals surface area contributed by atoms with Gasteiger partial charge in [0, 0.05) is 0 Å². The summed E-state index contributed by atoms with van der Waals surface area (Å²) >= 11 is 3.70. The molecule has 1 unspecified atom stereocenters. The molecule has 3 aliphatic heterocycles. The van der Waals surface area contributed by atoms with Crippen LogP contribution in [0.25, 0.3) is 6.08 Å². The SMILES string of the molecule is CN1C(=O)/C(=C/c2cc3c(s2)N2c4ccccc4C(C)(C)c4cccc(c42)C3(C)C(F)(F)F)C(=O)N=C1[Se]. The zero-order valence-corrected chi connectivity index (χ0v) is 23.3. The van der Waals surface area contributed by atoms with E-state index in [4.69, 9.17) is 0 Å². The van der Waals surface area contributed by atoms with Gasteiger partial charge in [0.2, 0.25) is 0 Å². The van der Waals surface area contributed by atoms with Crippen LogP contribution in [-0.2, 0) is 20.4 Å². The van der Waals surface area contributed by atoms with Crippen molar-refractivity contribution in [2.24, 2.45) is 4.99 Å². The van der Waals surface area contributed by atoms with Crippen LogP contribution in [0, 0.1) is 0 Å². The molecule has 0 aliphatic carbocycles. The molecule has 1 radical (unpaired) electrons. The number of nitrogens with zero attached hydrogens (tertiary/aromatic N) is 3. The molecule has 0 N–H and O–H groups in total. The summed E-state index contributed by atoms with van der Waals surface area (Å²) in [6.45, 7) is 5.27. The fourth-order valence-electron chi connectivity index (χ4n) is 5.66. The van der Waals surface area contributed by atoms with Gasteiger partial charge in [-0.25, -0.2) is 0 Å². The Morgan fingerprint density at radius 2 is 1.63 bits per heavy atom. The number of hydrogen-bond acceptors (Lipinski definition) is 4. The number of aliphatic imine (C=N–C) groups is 1. The summed E-state index contributed by atoms with van der Waals surface area (Å²) in [6, 6.07) is 14.3. The number of amidine groups is 1. The Labute approximate surface area is 229 Å². The number of amides is 2. The van der Waals surface area contributed by atoms with Crippen LogP contribution in [0.2, 0.25) is 0 Å². The zero-order chi connectivity index (χ0) is 27.4. The number of fused-ring (bicyclic) bond motifs is 4. The quantitative estimate of drug-likeness (QED) is 0.198. The van der Waals surface area contributed by atoms with E-state index in [2.05, 4.69) is 21.0 Å². The second-order valence-electron chi connectivity index (χ2n) is 10.3. The molecule has 0 saturated carbocycles. The average Bonchev–Trinajstić information content (AvgIpc) is 3.28. The first-order chi connectivity index (χ1) is 17.8. The van der Waals surface area contributed by atoms with Gasteiger partial charge in [-0.3, -0.25) is 0 Å². The van der Waals surface area contributed by atoms with Crippen LogP contribution in [0.15, 0.2) is 59.1 Å². The summed E-state index contributed by atoms with van der Waals surface area (Å²) in [5, 5.41) is 0.414. The molecule has 193 valence electrons. The van der Waals surface area contributed by atoms with Crippen molar-refractivity contribution in [3.05, 3.63) is 81.2 Å². The number of likely N-dealkylation sites (N-methyl/N-ethyl adjacent to an activating group) is 1. The molecular formula is C28H21F3N3O2SSe. The number of halogens is 3. The first-order valence-electron chi connectivity index (χ1n) is 11.8. The Balaban J connectivity index is 1.66. The Hall–Kier alpha value is -3.20. The van der Waals surface area contributed by atoms with Crippen molar-refractivity contribution in [3.8, 4) is 0 Å². The normalized spacial score (nSPS) is 22.7. The van der Waals surface area contributed by atoms with Gasteiger partial charge in [0.15, 0.2) is 0 Å². The number of para-hydroxylation sites is 2. The first kappa shape index (κ1) is 25.1. The van der Waals surface area contributed by atoms with Crippen LogP contribution in [0.1, 0.15) is 47.9 Å². The van der Waals surface area contributed by atoms with E-state index in [0.29, 0.717) is 15.6 Å². The first-order valence-corrected chi connectivity index (χ1v) is 13.5. The summed E-state index contributed by atoms with van der Waals surface area (Å²) in [5.41, 5.74) is 0.381. The van der Waals surface area contributed by atoms with Gasteiger partial charge in [0.1, 0.15) is 0 Å². The monoisotopic (exact) mass is 600 g/mol. The number of hydrogen-bond donors (Lipinski definition) is 0. The molecule has 1 atom stereocenters. The van der Waals surface area contributed by atoms with Gasteiger partial charge in [-0.2, -0.15) is 0 Å². The van der Waals surface area contributed by atoms with Crippen molar-refractivity contribution in [2.75, 3.05) is 11.9 Å². The van der Waals surface area contributed by atoms with Crippen molar-refractivity contribution in [2.45, 2.75) is 37.8 Å². The van der Waals surface area contributed by atoms with E-state index in [1.165, 1.54) is 31.0 Å². The van der Waals surface area contributed by atoms with Gasteiger partial charge in [-0.15, -0.1) is 0 Å². The van der Waals surface area contributed by atoms with E-state index in [0.717, 1.165) is 28.2 Å². The molecule has 4 heterocycles. The number of rotatable bonds is 1. The number of thiophene rings is 1. The number of alkyl halides is 3. The molecule has 3 aromatic rings. The average molecular weight is 600 g/mol. The number of benzene rings is 2. The maximum atomic E-state index is 15.1. The van der Waals surface area contributed by atoms with Gasteiger partial charge < -0.3 is 0 Å². The number of carbonyl (C=O) groups excluding carboxylic acids is 2. The fourth-order valence-corrected chi connectivity index (χ4v) is 7.24. The Bertz CT molecular complexity index is 1640. The van der Waals surface area contributed by atoms with E-state index in [9.17, 15) is 9.59 Å². The van der Waals surface area contributed by atoms with Crippen molar-refractivity contribution in [1.29, 1.82) is 0 Å². The van der Waals surface area contributed by atoms with Crippen molar-refractivity contribution in [1.82, 2.24) is 4.90 Å². The molecule has 38 heavy (non-hydrogen) atoms. The third kappa shape index (κ3) is 3.14. The molecule has 5 nitrogen and oxygen atoms in total.